The van der Waals surface area contributed by atoms with E-state index in [0.717, 1.165) is 33.7 Å². The molecule has 0 amide bonds. The average molecular weight is 524 g/mol. The first-order valence-electron chi connectivity index (χ1n) is 13.8. The van der Waals surface area contributed by atoms with Crippen molar-refractivity contribution < 1.29 is 0 Å². The molecule has 0 fully saturated rings. The maximum Gasteiger partial charge on any atom is 0.145 e. The second-order valence-corrected chi connectivity index (χ2v) is 10.3. The lowest BCUT2D eigenvalue weighted by molar-refractivity contribution is 1.13. The molecule has 8 aromatic rings. The van der Waals surface area contributed by atoms with Gasteiger partial charge < -0.3 is 0 Å². The van der Waals surface area contributed by atoms with Crippen molar-refractivity contribution in [3.63, 3.8) is 0 Å². The molecule has 192 valence electrons. The Morgan fingerprint density at radius 1 is 0.415 bits per heavy atom. The summed E-state index contributed by atoms with van der Waals surface area (Å²) < 4.78 is 2.35. The van der Waals surface area contributed by atoms with Crippen LogP contribution in [0.25, 0.3) is 71.9 Å². The Morgan fingerprint density at radius 3 is 1.63 bits per heavy atom. The van der Waals surface area contributed by atoms with Crippen molar-refractivity contribution in [1.82, 2.24) is 14.5 Å². The van der Waals surface area contributed by atoms with Crippen LogP contribution in [0.5, 0.6) is 0 Å². The second-order valence-electron chi connectivity index (χ2n) is 10.3. The Kier molecular flexibility index (Phi) is 5.46. The highest BCUT2D eigenvalue weighted by atomic mass is 15.1. The lowest BCUT2D eigenvalue weighted by atomic mass is 9.89. The highest BCUT2D eigenvalue weighted by Gasteiger charge is 2.21. The lowest BCUT2D eigenvalue weighted by Gasteiger charge is -2.20. The lowest BCUT2D eigenvalue weighted by Crippen LogP contribution is -2.01. The molecule has 0 bridgehead atoms. The van der Waals surface area contributed by atoms with E-state index in [0.29, 0.717) is 0 Å². The third kappa shape index (κ3) is 3.82. The number of rotatable bonds is 4. The van der Waals surface area contributed by atoms with Gasteiger partial charge in [0.1, 0.15) is 5.82 Å². The maximum absolute atomic E-state index is 5.15. The summed E-state index contributed by atoms with van der Waals surface area (Å²) in [5.41, 5.74) is 9.10. The molecule has 2 aromatic heterocycles. The number of nitrogens with zero attached hydrogens (tertiary/aromatic N) is 3. The van der Waals surface area contributed by atoms with Gasteiger partial charge in [0.05, 0.1) is 16.7 Å². The molecule has 0 aliphatic rings. The number of benzene rings is 6. The van der Waals surface area contributed by atoms with Crippen LogP contribution < -0.4 is 0 Å². The minimum absolute atomic E-state index is 0.941. The first-order valence-corrected chi connectivity index (χ1v) is 13.8. The van der Waals surface area contributed by atoms with Gasteiger partial charge in [0.15, 0.2) is 0 Å². The first-order chi connectivity index (χ1) is 20.4. The number of pyridine rings is 1. The van der Waals surface area contributed by atoms with E-state index in [9.17, 15) is 0 Å². The van der Waals surface area contributed by atoms with Crippen molar-refractivity contribution in [3.8, 4) is 39.3 Å². The SMILES string of the molecule is c1ccc(-c2nc3ccccc3n2-c2c3ccccc3c(-c3ccc(-c4ccncc4)cc3)c3ccccc23)cc1. The molecule has 8 rings (SSSR count). The zero-order valence-corrected chi connectivity index (χ0v) is 22.3. The molecule has 6 aromatic carbocycles. The molecule has 0 aliphatic heterocycles. The van der Waals surface area contributed by atoms with E-state index >= 15 is 0 Å². The summed E-state index contributed by atoms with van der Waals surface area (Å²) in [6.07, 6.45) is 3.68. The molecule has 0 spiro atoms. The highest BCUT2D eigenvalue weighted by molar-refractivity contribution is 6.19. The van der Waals surface area contributed by atoms with Crippen LogP contribution in [0.4, 0.5) is 0 Å². The molecule has 0 atom stereocenters. The Morgan fingerprint density at radius 2 is 0.951 bits per heavy atom. The smallest absolute Gasteiger partial charge is 0.145 e. The van der Waals surface area contributed by atoms with E-state index in [4.69, 9.17) is 4.98 Å². The number of imidazole rings is 1. The predicted molar refractivity (Wildman–Crippen MR) is 170 cm³/mol. The van der Waals surface area contributed by atoms with Gasteiger partial charge in [-0.05, 0) is 57.3 Å². The number of para-hydroxylation sites is 2. The molecule has 2 heterocycles. The van der Waals surface area contributed by atoms with Crippen LogP contribution in [0.2, 0.25) is 0 Å². The van der Waals surface area contributed by atoms with Crippen molar-refractivity contribution in [2.24, 2.45) is 0 Å². The van der Waals surface area contributed by atoms with Crippen molar-refractivity contribution >= 4 is 32.6 Å². The van der Waals surface area contributed by atoms with E-state index in [2.05, 4.69) is 137 Å². The van der Waals surface area contributed by atoms with Gasteiger partial charge in [0.25, 0.3) is 0 Å². The number of fused-ring (bicyclic) bond motifs is 3. The van der Waals surface area contributed by atoms with Gasteiger partial charge in [-0.1, -0.05) is 115 Å². The zero-order valence-electron chi connectivity index (χ0n) is 22.3. The van der Waals surface area contributed by atoms with Crippen LogP contribution in [-0.4, -0.2) is 14.5 Å². The van der Waals surface area contributed by atoms with Crippen LogP contribution in [0, 0.1) is 0 Å². The predicted octanol–water partition coefficient (Wildman–Crippen LogP) is 9.73. The fourth-order valence-electron chi connectivity index (χ4n) is 6.06. The average Bonchev–Trinajstić information content (AvgIpc) is 3.44. The minimum Gasteiger partial charge on any atom is -0.291 e. The first kappa shape index (κ1) is 23.4. The second kappa shape index (κ2) is 9.58. The molecule has 0 radical (unpaired) electrons. The fraction of sp³-hybridized carbons (Fsp3) is 0. The standard InChI is InChI=1S/C38H25N3/c1-2-10-29(11-3-1)38-40-34-16-8-9-17-35(34)41(38)37-32-14-6-4-12-30(32)36(31-13-5-7-15-33(31)37)28-20-18-26(19-21-28)27-22-24-39-25-23-27/h1-25H. The Bertz CT molecular complexity index is 2120. The monoisotopic (exact) mass is 523 g/mol. The summed E-state index contributed by atoms with van der Waals surface area (Å²) in [6.45, 7) is 0. The van der Waals surface area contributed by atoms with Crippen LogP contribution in [0.3, 0.4) is 0 Å². The van der Waals surface area contributed by atoms with Gasteiger partial charge in [0, 0.05) is 28.7 Å². The van der Waals surface area contributed by atoms with Crippen LogP contribution in [0.15, 0.2) is 152 Å². The molecule has 41 heavy (non-hydrogen) atoms. The van der Waals surface area contributed by atoms with E-state index in [-0.39, 0.29) is 0 Å². The summed E-state index contributed by atoms with van der Waals surface area (Å²) in [5, 5.41) is 4.82. The van der Waals surface area contributed by atoms with Crippen LogP contribution in [0.1, 0.15) is 0 Å². The Labute approximate surface area is 238 Å². The Balaban J connectivity index is 1.45. The Hall–Kier alpha value is -5.54. The minimum atomic E-state index is 0.941. The van der Waals surface area contributed by atoms with E-state index in [1.54, 1.807) is 0 Å². The number of hydrogen-bond donors (Lipinski definition) is 0. The quantitative estimate of drug-likeness (QED) is 0.215. The normalized spacial score (nSPS) is 11.4. The van der Waals surface area contributed by atoms with Gasteiger partial charge in [0.2, 0.25) is 0 Å². The van der Waals surface area contributed by atoms with Crippen molar-refractivity contribution in [3.05, 3.63) is 152 Å². The van der Waals surface area contributed by atoms with Crippen molar-refractivity contribution in [2.75, 3.05) is 0 Å². The van der Waals surface area contributed by atoms with Crippen molar-refractivity contribution in [1.29, 1.82) is 0 Å². The molecule has 0 N–H and O–H groups in total. The number of hydrogen-bond acceptors (Lipinski definition) is 2. The van der Waals surface area contributed by atoms with E-state index in [1.165, 1.54) is 38.2 Å². The molecule has 0 saturated carbocycles. The molecular formula is C38H25N3. The maximum atomic E-state index is 5.15. The molecular weight excluding hydrogens is 498 g/mol. The molecule has 3 nitrogen and oxygen atoms in total. The molecule has 0 saturated heterocycles. The largest absolute Gasteiger partial charge is 0.291 e. The molecule has 0 aliphatic carbocycles. The van der Waals surface area contributed by atoms with Crippen LogP contribution >= 0.6 is 0 Å². The van der Waals surface area contributed by atoms with Gasteiger partial charge in [-0.2, -0.15) is 0 Å². The van der Waals surface area contributed by atoms with E-state index in [1.807, 2.05) is 24.5 Å². The third-order valence-corrected chi connectivity index (χ3v) is 7.91. The van der Waals surface area contributed by atoms with Gasteiger partial charge in [-0.25, -0.2) is 4.98 Å². The molecule has 3 heteroatoms. The van der Waals surface area contributed by atoms with Crippen molar-refractivity contribution in [2.45, 2.75) is 0 Å². The van der Waals surface area contributed by atoms with Crippen LogP contribution in [-0.2, 0) is 0 Å². The third-order valence-electron chi connectivity index (χ3n) is 7.91. The number of aromatic nitrogens is 3. The van der Waals surface area contributed by atoms with Gasteiger partial charge in [-0.3, -0.25) is 9.55 Å². The summed E-state index contributed by atoms with van der Waals surface area (Å²) in [5.74, 6) is 0.941. The van der Waals surface area contributed by atoms with Gasteiger partial charge >= 0.3 is 0 Å². The van der Waals surface area contributed by atoms with E-state index < -0.39 is 0 Å². The summed E-state index contributed by atoms with van der Waals surface area (Å²) in [7, 11) is 0. The summed E-state index contributed by atoms with van der Waals surface area (Å²) in [4.78, 5) is 9.32. The molecule has 0 unspecified atom stereocenters. The summed E-state index contributed by atoms with van der Waals surface area (Å²) in [6, 6.07) is 49.4. The highest BCUT2D eigenvalue weighted by Crippen LogP contribution is 2.43. The van der Waals surface area contributed by atoms with Gasteiger partial charge in [-0.15, -0.1) is 0 Å². The zero-order chi connectivity index (χ0) is 27.2. The fourth-order valence-corrected chi connectivity index (χ4v) is 6.06. The summed E-state index contributed by atoms with van der Waals surface area (Å²) >= 11 is 0. The topological polar surface area (TPSA) is 30.7 Å².